The lowest BCUT2D eigenvalue weighted by atomic mass is 10.2. The largest absolute Gasteiger partial charge is 0.480 e. The molecule has 6 heteroatoms. The number of hydrogen-bond donors (Lipinski definition) is 1. The van der Waals surface area contributed by atoms with E-state index in [1.54, 1.807) is 0 Å². The van der Waals surface area contributed by atoms with Gasteiger partial charge >= 0.3 is 5.97 Å². The quantitative estimate of drug-likeness (QED) is 0.824. The van der Waals surface area contributed by atoms with E-state index in [-0.39, 0.29) is 12.1 Å². The number of aromatic nitrogens is 2. The Kier molecular flexibility index (Phi) is 4.31. The highest BCUT2D eigenvalue weighted by Crippen LogP contribution is 2.22. The molecule has 0 aliphatic heterocycles. The standard InChI is InChI=1S/C13H16N2O3S/c1-2-3-4-5-9-6-10-12(19-9)14-8-15(13(10)18)7-11(16)17/h6,8H,2-5,7H2,1H3,(H,16,17). The maximum atomic E-state index is 12.1. The zero-order valence-electron chi connectivity index (χ0n) is 10.8. The fraction of sp³-hybridized carbons (Fsp3) is 0.462. The highest BCUT2D eigenvalue weighted by Gasteiger charge is 2.10. The van der Waals surface area contributed by atoms with Crippen molar-refractivity contribution in [1.29, 1.82) is 0 Å². The second-order valence-electron chi connectivity index (χ2n) is 4.46. The van der Waals surface area contributed by atoms with E-state index >= 15 is 0 Å². The summed E-state index contributed by atoms with van der Waals surface area (Å²) in [7, 11) is 0. The summed E-state index contributed by atoms with van der Waals surface area (Å²) in [4.78, 5) is 28.7. The van der Waals surface area contributed by atoms with Gasteiger partial charge in [0.2, 0.25) is 0 Å². The van der Waals surface area contributed by atoms with Gasteiger partial charge in [0.25, 0.3) is 5.56 Å². The summed E-state index contributed by atoms with van der Waals surface area (Å²) in [6, 6.07) is 1.85. The topological polar surface area (TPSA) is 72.2 Å². The first-order chi connectivity index (χ1) is 9.11. The van der Waals surface area contributed by atoms with Crippen LogP contribution < -0.4 is 5.56 Å². The van der Waals surface area contributed by atoms with Gasteiger partial charge in [-0.3, -0.25) is 14.2 Å². The summed E-state index contributed by atoms with van der Waals surface area (Å²) in [5.74, 6) is -1.04. The highest BCUT2D eigenvalue weighted by molar-refractivity contribution is 7.18. The van der Waals surface area contributed by atoms with Gasteiger partial charge in [0.05, 0.1) is 11.7 Å². The molecule has 0 aliphatic carbocycles. The van der Waals surface area contributed by atoms with E-state index in [4.69, 9.17) is 5.11 Å². The van der Waals surface area contributed by atoms with Gasteiger partial charge in [0.15, 0.2) is 0 Å². The fourth-order valence-electron chi connectivity index (χ4n) is 1.94. The molecule has 2 rings (SSSR count). The summed E-state index contributed by atoms with van der Waals surface area (Å²) in [5.41, 5.74) is -0.273. The molecule has 0 amide bonds. The van der Waals surface area contributed by atoms with Crippen molar-refractivity contribution >= 4 is 27.5 Å². The zero-order chi connectivity index (χ0) is 13.8. The van der Waals surface area contributed by atoms with Crippen molar-refractivity contribution in [1.82, 2.24) is 9.55 Å². The number of aliphatic carboxylic acids is 1. The van der Waals surface area contributed by atoms with Crippen LogP contribution in [-0.4, -0.2) is 20.6 Å². The van der Waals surface area contributed by atoms with E-state index in [1.807, 2.05) is 6.07 Å². The molecule has 0 radical (unpaired) electrons. The summed E-state index contributed by atoms with van der Waals surface area (Å²) in [5, 5.41) is 9.26. The van der Waals surface area contributed by atoms with E-state index in [0.29, 0.717) is 10.2 Å². The Bertz CT molecular complexity index is 645. The second-order valence-corrected chi connectivity index (χ2v) is 5.58. The van der Waals surface area contributed by atoms with E-state index in [9.17, 15) is 9.59 Å². The molecule has 0 aliphatic rings. The minimum Gasteiger partial charge on any atom is -0.480 e. The fourth-order valence-corrected chi connectivity index (χ4v) is 2.97. The molecule has 0 unspecified atom stereocenters. The molecule has 0 spiro atoms. The van der Waals surface area contributed by atoms with Crippen molar-refractivity contribution in [3.63, 3.8) is 0 Å². The predicted octanol–water partition coefficient (Wildman–Crippen LogP) is 2.28. The molecule has 19 heavy (non-hydrogen) atoms. The normalized spacial score (nSPS) is 11.0. The Morgan fingerprint density at radius 2 is 2.26 bits per heavy atom. The summed E-state index contributed by atoms with van der Waals surface area (Å²) in [6.45, 7) is 1.81. The van der Waals surface area contributed by atoms with Gasteiger partial charge in [-0.15, -0.1) is 11.3 Å². The Labute approximate surface area is 114 Å². The van der Waals surface area contributed by atoms with Crippen LogP contribution in [0.15, 0.2) is 17.2 Å². The van der Waals surface area contributed by atoms with Crippen molar-refractivity contribution in [2.75, 3.05) is 0 Å². The minimum absolute atomic E-state index is 0.273. The molecular weight excluding hydrogens is 264 g/mol. The molecule has 0 fully saturated rings. The van der Waals surface area contributed by atoms with Gasteiger partial charge in [0.1, 0.15) is 11.4 Å². The van der Waals surface area contributed by atoms with Crippen LogP contribution >= 0.6 is 11.3 Å². The molecule has 2 aromatic heterocycles. The lowest BCUT2D eigenvalue weighted by Crippen LogP contribution is -2.23. The Morgan fingerprint density at radius 3 is 2.95 bits per heavy atom. The Morgan fingerprint density at radius 1 is 1.47 bits per heavy atom. The van der Waals surface area contributed by atoms with Gasteiger partial charge in [-0.1, -0.05) is 19.8 Å². The first-order valence-electron chi connectivity index (χ1n) is 6.31. The SMILES string of the molecule is CCCCCc1cc2c(=O)n(CC(=O)O)cnc2s1. The van der Waals surface area contributed by atoms with E-state index in [1.165, 1.54) is 24.1 Å². The number of unbranched alkanes of at least 4 members (excludes halogenated alkanes) is 2. The van der Waals surface area contributed by atoms with Crippen molar-refractivity contribution in [2.45, 2.75) is 39.2 Å². The molecule has 0 aromatic carbocycles. The van der Waals surface area contributed by atoms with Gasteiger partial charge < -0.3 is 5.11 Å². The van der Waals surface area contributed by atoms with Crippen LogP contribution in [-0.2, 0) is 17.8 Å². The Balaban J connectivity index is 2.29. The van der Waals surface area contributed by atoms with Crippen LogP contribution in [0, 0.1) is 0 Å². The summed E-state index contributed by atoms with van der Waals surface area (Å²) in [6.07, 6.45) is 5.70. The smallest absolute Gasteiger partial charge is 0.323 e. The molecule has 0 atom stereocenters. The van der Waals surface area contributed by atoms with Crippen LogP contribution in [0.1, 0.15) is 31.1 Å². The molecule has 5 nitrogen and oxygen atoms in total. The summed E-state index contributed by atoms with van der Waals surface area (Å²) >= 11 is 1.52. The maximum absolute atomic E-state index is 12.1. The molecular formula is C13H16N2O3S. The number of carboxylic acids is 1. The third-order valence-corrected chi connectivity index (χ3v) is 4.00. The second kappa shape index (κ2) is 5.97. The Hall–Kier alpha value is -1.69. The van der Waals surface area contributed by atoms with Crippen molar-refractivity contribution in [3.8, 4) is 0 Å². The number of hydrogen-bond acceptors (Lipinski definition) is 4. The maximum Gasteiger partial charge on any atom is 0.323 e. The molecule has 2 heterocycles. The lowest BCUT2D eigenvalue weighted by molar-refractivity contribution is -0.137. The van der Waals surface area contributed by atoms with Crippen molar-refractivity contribution < 1.29 is 9.90 Å². The molecule has 102 valence electrons. The molecule has 0 saturated heterocycles. The van der Waals surface area contributed by atoms with Crippen LogP contribution in [0.4, 0.5) is 0 Å². The number of nitrogens with zero attached hydrogens (tertiary/aromatic N) is 2. The van der Waals surface area contributed by atoms with Crippen LogP contribution in [0.2, 0.25) is 0 Å². The average Bonchev–Trinajstić information content (AvgIpc) is 2.77. The van der Waals surface area contributed by atoms with Gasteiger partial charge in [0, 0.05) is 4.88 Å². The van der Waals surface area contributed by atoms with E-state index < -0.39 is 5.97 Å². The zero-order valence-corrected chi connectivity index (χ0v) is 11.6. The molecule has 2 aromatic rings. The van der Waals surface area contributed by atoms with Gasteiger partial charge in [-0.05, 0) is 18.9 Å². The first-order valence-corrected chi connectivity index (χ1v) is 7.13. The average molecular weight is 280 g/mol. The van der Waals surface area contributed by atoms with E-state index in [0.717, 1.165) is 28.7 Å². The van der Waals surface area contributed by atoms with Crippen LogP contribution in [0.3, 0.4) is 0 Å². The number of rotatable bonds is 6. The highest BCUT2D eigenvalue weighted by atomic mass is 32.1. The number of carboxylic acid groups (broad SMARTS) is 1. The molecule has 0 saturated carbocycles. The molecule has 1 N–H and O–H groups in total. The third kappa shape index (κ3) is 3.20. The van der Waals surface area contributed by atoms with Gasteiger partial charge in [-0.2, -0.15) is 0 Å². The summed E-state index contributed by atoms with van der Waals surface area (Å²) < 4.78 is 1.13. The third-order valence-electron chi connectivity index (χ3n) is 2.90. The van der Waals surface area contributed by atoms with Crippen molar-refractivity contribution in [3.05, 3.63) is 27.6 Å². The number of aryl methyl sites for hydroxylation is 1. The molecule has 0 bridgehead atoms. The first kappa shape index (κ1) is 13.7. The number of carbonyl (C=O) groups is 1. The number of thiophene rings is 1. The lowest BCUT2D eigenvalue weighted by Gasteiger charge is -1.99. The van der Waals surface area contributed by atoms with Crippen molar-refractivity contribution in [2.24, 2.45) is 0 Å². The van der Waals surface area contributed by atoms with E-state index in [2.05, 4.69) is 11.9 Å². The minimum atomic E-state index is -1.04. The van der Waals surface area contributed by atoms with Crippen LogP contribution in [0.25, 0.3) is 10.2 Å². The van der Waals surface area contributed by atoms with Gasteiger partial charge in [-0.25, -0.2) is 4.98 Å². The van der Waals surface area contributed by atoms with Crippen LogP contribution in [0.5, 0.6) is 0 Å². The number of fused-ring (bicyclic) bond motifs is 1. The predicted molar refractivity (Wildman–Crippen MR) is 74.7 cm³/mol. The monoisotopic (exact) mass is 280 g/mol.